The summed E-state index contributed by atoms with van der Waals surface area (Å²) in [5, 5.41) is 4.60. The zero-order valence-electron chi connectivity index (χ0n) is 18.0. The lowest BCUT2D eigenvalue weighted by Crippen LogP contribution is -2.28. The molecule has 0 aliphatic rings. The topological polar surface area (TPSA) is 133 Å². The van der Waals surface area contributed by atoms with Gasteiger partial charge in [0.15, 0.2) is 17.6 Å². The average molecular weight is 454 g/mol. The van der Waals surface area contributed by atoms with Crippen molar-refractivity contribution in [3.63, 3.8) is 0 Å². The number of benzene rings is 2. The van der Waals surface area contributed by atoms with Crippen molar-refractivity contribution in [3.05, 3.63) is 64.8 Å². The molecule has 0 spiro atoms. The highest BCUT2D eigenvalue weighted by molar-refractivity contribution is 6.35. The van der Waals surface area contributed by atoms with Crippen LogP contribution in [0, 0.1) is 0 Å². The molecule has 166 valence electrons. The summed E-state index contributed by atoms with van der Waals surface area (Å²) in [6.07, 6.45) is 1.45. The number of para-hydroxylation sites is 1. The maximum absolute atomic E-state index is 13.3. The molecule has 3 aromatic rings. The van der Waals surface area contributed by atoms with Crippen molar-refractivity contribution >= 4 is 51.6 Å². The summed E-state index contributed by atoms with van der Waals surface area (Å²) in [6, 6.07) is 11.9. The van der Waals surface area contributed by atoms with Gasteiger partial charge in [-0.3, -0.25) is 9.59 Å². The Morgan fingerprint density at radius 2 is 1.84 bits per heavy atom. The quantitative estimate of drug-likeness (QED) is 0.224. The lowest BCUT2D eigenvalue weighted by Gasteiger charge is -2.20. The molecular formula is C23H24ClN5O3. The van der Waals surface area contributed by atoms with Gasteiger partial charge >= 0.3 is 5.97 Å². The number of hydrogen-bond donors (Lipinski definition) is 3. The minimum Gasteiger partial charge on any atom is -0.459 e. The molecule has 0 amide bonds. The monoisotopic (exact) mass is 453 g/mol. The molecule has 0 saturated heterocycles. The molecule has 32 heavy (non-hydrogen) atoms. The van der Waals surface area contributed by atoms with Crippen molar-refractivity contribution in [2.75, 3.05) is 11.9 Å². The highest BCUT2D eigenvalue weighted by Gasteiger charge is 2.19. The fourth-order valence-corrected chi connectivity index (χ4v) is 3.30. The molecule has 0 unspecified atom stereocenters. The Balaban J connectivity index is 1.94. The van der Waals surface area contributed by atoms with Gasteiger partial charge in [-0.1, -0.05) is 35.9 Å². The number of ether oxygens (including phenoxy) is 1. The average Bonchev–Trinajstić information content (AvgIpc) is 2.72. The van der Waals surface area contributed by atoms with E-state index in [0.29, 0.717) is 32.6 Å². The number of rotatable bonds is 6. The summed E-state index contributed by atoms with van der Waals surface area (Å²) >= 11 is 6.24. The van der Waals surface area contributed by atoms with E-state index in [1.54, 1.807) is 63.2 Å². The Hall–Kier alpha value is -3.65. The number of aromatic nitrogens is 1. The molecule has 0 aliphatic carbocycles. The first kappa shape index (κ1) is 23.0. The number of esters is 1. The van der Waals surface area contributed by atoms with E-state index < -0.39 is 11.6 Å². The molecule has 1 aromatic heterocycles. The summed E-state index contributed by atoms with van der Waals surface area (Å²) in [5.74, 6) is -0.576. The van der Waals surface area contributed by atoms with Crippen LogP contribution >= 0.6 is 11.6 Å². The van der Waals surface area contributed by atoms with Crippen molar-refractivity contribution in [2.45, 2.75) is 26.4 Å². The van der Waals surface area contributed by atoms with Gasteiger partial charge in [0.1, 0.15) is 12.1 Å². The number of halogens is 1. The number of nitrogens with one attached hydrogen (secondary N) is 1. The predicted molar refractivity (Wildman–Crippen MR) is 126 cm³/mol. The van der Waals surface area contributed by atoms with E-state index in [1.165, 1.54) is 6.20 Å². The lowest BCUT2D eigenvalue weighted by molar-refractivity contribution is -0.152. The predicted octanol–water partition coefficient (Wildman–Crippen LogP) is 3.78. The lowest BCUT2D eigenvalue weighted by atomic mass is 9.99. The molecule has 9 heteroatoms. The van der Waals surface area contributed by atoms with E-state index >= 15 is 0 Å². The van der Waals surface area contributed by atoms with E-state index in [-0.39, 0.29) is 24.1 Å². The summed E-state index contributed by atoms with van der Waals surface area (Å²) in [7, 11) is 0. The Kier molecular flexibility index (Phi) is 6.64. The van der Waals surface area contributed by atoms with E-state index in [2.05, 4.69) is 15.3 Å². The van der Waals surface area contributed by atoms with Crippen LogP contribution in [0.25, 0.3) is 10.8 Å². The fraction of sp³-hybridized carbons (Fsp3) is 0.217. The van der Waals surface area contributed by atoms with Gasteiger partial charge in [0.2, 0.25) is 0 Å². The first-order chi connectivity index (χ1) is 15.0. The van der Waals surface area contributed by atoms with Crippen molar-refractivity contribution in [2.24, 2.45) is 16.5 Å². The van der Waals surface area contributed by atoms with Crippen LogP contribution in [0.1, 0.15) is 36.7 Å². The van der Waals surface area contributed by atoms with Crippen molar-refractivity contribution in [3.8, 4) is 0 Å². The maximum Gasteiger partial charge on any atom is 0.325 e. The molecule has 0 atom stereocenters. The van der Waals surface area contributed by atoms with Crippen LogP contribution in [0.15, 0.2) is 53.7 Å². The van der Waals surface area contributed by atoms with Crippen molar-refractivity contribution < 1.29 is 14.3 Å². The van der Waals surface area contributed by atoms with E-state index in [1.807, 2.05) is 0 Å². The van der Waals surface area contributed by atoms with Crippen LogP contribution in [-0.4, -0.2) is 34.8 Å². The number of aliphatic imine (C=N–C) groups is 1. The number of nitrogens with two attached hydrogens (primary N) is 2. The number of nitrogens with zero attached hydrogens (tertiary/aromatic N) is 2. The van der Waals surface area contributed by atoms with Crippen LogP contribution in [0.3, 0.4) is 0 Å². The first-order valence-electron chi connectivity index (χ1n) is 9.82. The van der Waals surface area contributed by atoms with Gasteiger partial charge in [0, 0.05) is 33.8 Å². The SMILES string of the molecule is CC(C)(C)OC(=O)CNc1ccccc1C(=O)c1ccc2c(Cl)cnc(N=C(N)N)c2c1. The summed E-state index contributed by atoms with van der Waals surface area (Å²) in [5.41, 5.74) is 11.7. The second-order valence-electron chi connectivity index (χ2n) is 8.04. The molecule has 1 heterocycles. The van der Waals surface area contributed by atoms with Crippen molar-refractivity contribution in [1.29, 1.82) is 0 Å². The third kappa shape index (κ3) is 5.53. The normalized spacial score (nSPS) is 11.1. The maximum atomic E-state index is 13.3. The van der Waals surface area contributed by atoms with Crippen LogP contribution in [0.2, 0.25) is 5.02 Å². The molecular weight excluding hydrogens is 430 g/mol. The Bertz CT molecular complexity index is 1210. The second kappa shape index (κ2) is 9.23. The Labute approximate surface area is 190 Å². The third-order valence-electron chi connectivity index (χ3n) is 4.33. The van der Waals surface area contributed by atoms with Crippen LogP contribution in [0.5, 0.6) is 0 Å². The summed E-state index contributed by atoms with van der Waals surface area (Å²) < 4.78 is 5.31. The number of guanidine groups is 1. The molecule has 0 radical (unpaired) electrons. The molecule has 5 N–H and O–H groups in total. The van der Waals surface area contributed by atoms with Gasteiger partial charge in [-0.2, -0.15) is 4.99 Å². The third-order valence-corrected chi connectivity index (χ3v) is 4.63. The number of pyridine rings is 1. The van der Waals surface area contributed by atoms with Gasteiger partial charge < -0.3 is 21.5 Å². The number of fused-ring (bicyclic) bond motifs is 1. The van der Waals surface area contributed by atoms with Gasteiger partial charge in [0.05, 0.1) is 5.02 Å². The highest BCUT2D eigenvalue weighted by Crippen LogP contribution is 2.31. The van der Waals surface area contributed by atoms with Gasteiger partial charge in [-0.15, -0.1) is 0 Å². The molecule has 3 rings (SSSR count). The highest BCUT2D eigenvalue weighted by atomic mass is 35.5. The van der Waals surface area contributed by atoms with Crippen molar-refractivity contribution in [1.82, 2.24) is 4.98 Å². The fourth-order valence-electron chi connectivity index (χ4n) is 3.08. The molecule has 0 aliphatic heterocycles. The second-order valence-corrected chi connectivity index (χ2v) is 8.45. The van der Waals surface area contributed by atoms with E-state index in [4.69, 9.17) is 27.8 Å². The van der Waals surface area contributed by atoms with E-state index in [9.17, 15) is 9.59 Å². The Morgan fingerprint density at radius 3 is 2.53 bits per heavy atom. The molecule has 0 saturated carbocycles. The van der Waals surface area contributed by atoms with Gasteiger partial charge in [-0.05, 0) is 39.0 Å². The minimum absolute atomic E-state index is 0.0759. The largest absolute Gasteiger partial charge is 0.459 e. The minimum atomic E-state index is -0.596. The van der Waals surface area contributed by atoms with E-state index in [0.717, 1.165) is 0 Å². The van der Waals surface area contributed by atoms with Crippen LogP contribution in [-0.2, 0) is 9.53 Å². The number of ketones is 1. The summed E-state index contributed by atoms with van der Waals surface area (Å²) in [6.45, 7) is 5.30. The molecule has 0 bridgehead atoms. The van der Waals surface area contributed by atoms with Gasteiger partial charge in [0.25, 0.3) is 0 Å². The smallest absolute Gasteiger partial charge is 0.325 e. The molecule has 0 fully saturated rings. The number of hydrogen-bond acceptors (Lipinski definition) is 6. The number of carbonyl (C=O) groups excluding carboxylic acids is 2. The number of carbonyl (C=O) groups is 2. The number of anilines is 1. The molecule has 2 aromatic carbocycles. The van der Waals surface area contributed by atoms with Crippen LogP contribution in [0.4, 0.5) is 11.5 Å². The molecule has 8 nitrogen and oxygen atoms in total. The zero-order valence-corrected chi connectivity index (χ0v) is 18.7. The van der Waals surface area contributed by atoms with Crippen LogP contribution < -0.4 is 16.8 Å². The standard InChI is InChI=1S/C23H24ClN5O3/c1-23(2,3)32-19(30)12-27-18-7-5-4-6-15(18)20(31)13-8-9-14-16(10-13)21(29-22(25)26)28-11-17(14)24/h4-11,27H,12H2,1-3H3,(H4,25,26,28,29). The first-order valence-corrected chi connectivity index (χ1v) is 10.2. The zero-order chi connectivity index (χ0) is 23.5. The van der Waals surface area contributed by atoms with Gasteiger partial charge in [-0.25, -0.2) is 4.98 Å². The Morgan fingerprint density at radius 1 is 1.12 bits per heavy atom. The summed E-state index contributed by atoms with van der Waals surface area (Å²) in [4.78, 5) is 33.6.